The molecule has 1 unspecified atom stereocenters. The van der Waals surface area contributed by atoms with Gasteiger partial charge in [0.2, 0.25) is 0 Å². The zero-order valence-electron chi connectivity index (χ0n) is 11.5. The van der Waals surface area contributed by atoms with Crippen LogP contribution in [-0.2, 0) is 28.9 Å². The molecular weight excluding hydrogens is 296 g/mol. The monoisotopic (exact) mass is 316 g/mol. The smallest absolute Gasteiger partial charge is 0.141 e. The fourth-order valence-electron chi connectivity index (χ4n) is 1.85. The van der Waals surface area contributed by atoms with Crippen LogP contribution in [0.15, 0.2) is 4.47 Å². The molecule has 1 heterocycles. The number of hydrogen-bond acceptors (Lipinski definition) is 3. The molecule has 0 aliphatic carbocycles. The molecule has 0 aliphatic rings. The fraction of sp³-hybridized carbons (Fsp3) is 0.692. The van der Waals surface area contributed by atoms with E-state index < -0.39 is 0 Å². The van der Waals surface area contributed by atoms with Gasteiger partial charge >= 0.3 is 0 Å². The largest absolute Gasteiger partial charge is 0.381 e. The Kier molecular flexibility index (Phi) is 6.02. The standard InChI is InChI=1S/C13H21BrN2O2/c1-5-11-13(14)12(16(6-2)15-11)8-10(17)7-9(3)18-4/h9H,5-8H2,1-4H3. The molecule has 1 aromatic rings. The normalized spacial score (nSPS) is 12.7. The predicted octanol–water partition coefficient (Wildman–Crippen LogP) is 2.76. The molecule has 0 radical (unpaired) electrons. The summed E-state index contributed by atoms with van der Waals surface area (Å²) in [6.45, 7) is 6.78. The number of ether oxygens (including phenoxy) is 1. The first-order valence-corrected chi connectivity index (χ1v) is 7.11. The minimum absolute atomic E-state index is 0.0279. The predicted molar refractivity (Wildman–Crippen MR) is 74.8 cm³/mol. The summed E-state index contributed by atoms with van der Waals surface area (Å²) in [6, 6.07) is 0. The van der Waals surface area contributed by atoms with Gasteiger partial charge < -0.3 is 4.74 Å². The summed E-state index contributed by atoms with van der Waals surface area (Å²) in [4.78, 5) is 12.0. The maximum atomic E-state index is 12.0. The number of nitrogens with zero attached hydrogens (tertiary/aromatic N) is 2. The van der Waals surface area contributed by atoms with Crippen LogP contribution >= 0.6 is 15.9 Å². The van der Waals surface area contributed by atoms with Crippen LogP contribution in [0, 0.1) is 0 Å². The highest BCUT2D eigenvalue weighted by Gasteiger charge is 2.18. The average molecular weight is 317 g/mol. The van der Waals surface area contributed by atoms with Crippen LogP contribution in [0.25, 0.3) is 0 Å². The van der Waals surface area contributed by atoms with Gasteiger partial charge in [-0.1, -0.05) is 6.92 Å². The molecular formula is C13H21BrN2O2. The first-order valence-electron chi connectivity index (χ1n) is 6.31. The topological polar surface area (TPSA) is 44.1 Å². The third-order valence-corrected chi connectivity index (χ3v) is 3.89. The number of carbonyl (C=O) groups excluding carboxylic acids is 1. The zero-order valence-corrected chi connectivity index (χ0v) is 13.1. The number of hydrogen-bond donors (Lipinski definition) is 0. The highest BCUT2D eigenvalue weighted by molar-refractivity contribution is 9.10. The van der Waals surface area contributed by atoms with Crippen molar-refractivity contribution in [2.24, 2.45) is 0 Å². The molecule has 102 valence electrons. The second-order valence-electron chi connectivity index (χ2n) is 4.34. The first kappa shape index (κ1) is 15.4. The fourth-order valence-corrected chi connectivity index (χ4v) is 2.55. The van der Waals surface area contributed by atoms with Crippen molar-refractivity contribution >= 4 is 21.7 Å². The second-order valence-corrected chi connectivity index (χ2v) is 5.14. The van der Waals surface area contributed by atoms with Crippen molar-refractivity contribution in [1.82, 2.24) is 9.78 Å². The maximum Gasteiger partial charge on any atom is 0.141 e. The minimum atomic E-state index is -0.0279. The first-order chi connectivity index (χ1) is 8.53. The molecule has 0 spiro atoms. The van der Waals surface area contributed by atoms with Gasteiger partial charge in [-0.2, -0.15) is 5.10 Å². The number of Topliss-reactive ketones (excluding diaryl/α,β-unsaturated/α-hetero) is 1. The second kappa shape index (κ2) is 7.04. The molecule has 1 aromatic heterocycles. The van der Waals surface area contributed by atoms with Crippen molar-refractivity contribution in [3.63, 3.8) is 0 Å². The number of halogens is 1. The van der Waals surface area contributed by atoms with Crippen molar-refractivity contribution < 1.29 is 9.53 Å². The number of aryl methyl sites for hydroxylation is 2. The molecule has 0 saturated heterocycles. The number of ketones is 1. The molecule has 4 nitrogen and oxygen atoms in total. The van der Waals surface area contributed by atoms with Gasteiger partial charge in [0.05, 0.1) is 22.0 Å². The van der Waals surface area contributed by atoms with Gasteiger partial charge in [0, 0.05) is 26.5 Å². The summed E-state index contributed by atoms with van der Waals surface area (Å²) < 4.78 is 7.99. The van der Waals surface area contributed by atoms with E-state index in [1.54, 1.807) is 7.11 Å². The van der Waals surface area contributed by atoms with Crippen LogP contribution in [-0.4, -0.2) is 28.8 Å². The van der Waals surface area contributed by atoms with Crippen LogP contribution in [0.1, 0.15) is 38.6 Å². The molecule has 0 aromatic carbocycles. The lowest BCUT2D eigenvalue weighted by Gasteiger charge is -2.09. The summed E-state index contributed by atoms with van der Waals surface area (Å²) in [5.74, 6) is 0.183. The highest BCUT2D eigenvalue weighted by atomic mass is 79.9. The van der Waals surface area contributed by atoms with E-state index in [4.69, 9.17) is 4.74 Å². The molecule has 0 bridgehead atoms. The van der Waals surface area contributed by atoms with Crippen molar-refractivity contribution in [3.05, 3.63) is 15.9 Å². The average Bonchev–Trinajstić information content (AvgIpc) is 2.66. The maximum absolute atomic E-state index is 12.0. The SMILES string of the molecule is CCc1nn(CC)c(CC(=O)CC(C)OC)c1Br. The van der Waals surface area contributed by atoms with E-state index >= 15 is 0 Å². The van der Waals surface area contributed by atoms with Crippen LogP contribution in [0.5, 0.6) is 0 Å². The van der Waals surface area contributed by atoms with Gasteiger partial charge in [-0.05, 0) is 36.2 Å². The molecule has 0 aliphatic heterocycles. The van der Waals surface area contributed by atoms with Crippen LogP contribution < -0.4 is 0 Å². The van der Waals surface area contributed by atoms with E-state index in [0.717, 1.165) is 28.8 Å². The number of rotatable bonds is 7. The van der Waals surface area contributed by atoms with Gasteiger partial charge in [-0.25, -0.2) is 0 Å². The Morgan fingerprint density at radius 2 is 2.17 bits per heavy atom. The van der Waals surface area contributed by atoms with Crippen LogP contribution in [0.4, 0.5) is 0 Å². The Hall–Kier alpha value is -0.680. The molecule has 0 amide bonds. The Morgan fingerprint density at radius 1 is 1.50 bits per heavy atom. The van der Waals surface area contributed by atoms with Gasteiger partial charge in [0.15, 0.2) is 0 Å². The lowest BCUT2D eigenvalue weighted by Crippen LogP contribution is -2.16. The Morgan fingerprint density at radius 3 is 2.67 bits per heavy atom. The van der Waals surface area contributed by atoms with Crippen LogP contribution in [0.3, 0.4) is 0 Å². The number of methoxy groups -OCH3 is 1. The zero-order chi connectivity index (χ0) is 13.7. The molecule has 0 N–H and O–H groups in total. The van der Waals surface area contributed by atoms with Gasteiger partial charge in [0.1, 0.15) is 5.78 Å². The van der Waals surface area contributed by atoms with Gasteiger partial charge in [0.25, 0.3) is 0 Å². The van der Waals surface area contributed by atoms with Crippen molar-refractivity contribution in [2.75, 3.05) is 7.11 Å². The highest BCUT2D eigenvalue weighted by Crippen LogP contribution is 2.23. The van der Waals surface area contributed by atoms with Crippen molar-refractivity contribution in [1.29, 1.82) is 0 Å². The summed E-state index contributed by atoms with van der Waals surface area (Å²) in [7, 11) is 1.62. The van der Waals surface area contributed by atoms with Crippen molar-refractivity contribution in [3.8, 4) is 0 Å². The van der Waals surface area contributed by atoms with E-state index in [9.17, 15) is 4.79 Å². The summed E-state index contributed by atoms with van der Waals surface area (Å²) >= 11 is 3.55. The molecule has 1 atom stereocenters. The van der Waals surface area contributed by atoms with E-state index in [-0.39, 0.29) is 11.9 Å². The van der Waals surface area contributed by atoms with E-state index in [1.807, 2.05) is 18.5 Å². The Bertz CT molecular complexity index is 415. The van der Waals surface area contributed by atoms with Crippen molar-refractivity contribution in [2.45, 2.75) is 52.7 Å². The van der Waals surface area contributed by atoms with Crippen LogP contribution in [0.2, 0.25) is 0 Å². The summed E-state index contributed by atoms with van der Waals surface area (Å²) in [6.07, 6.45) is 1.69. The number of aromatic nitrogens is 2. The molecule has 0 saturated carbocycles. The Labute approximate surface area is 117 Å². The lowest BCUT2D eigenvalue weighted by atomic mass is 10.1. The molecule has 1 rings (SSSR count). The third-order valence-electron chi connectivity index (χ3n) is 2.98. The lowest BCUT2D eigenvalue weighted by molar-refractivity contribution is -0.120. The minimum Gasteiger partial charge on any atom is -0.381 e. The van der Waals surface area contributed by atoms with E-state index in [2.05, 4.69) is 28.0 Å². The van der Waals surface area contributed by atoms with E-state index in [0.29, 0.717) is 12.8 Å². The van der Waals surface area contributed by atoms with Gasteiger partial charge in [-0.3, -0.25) is 9.48 Å². The number of carbonyl (C=O) groups is 1. The van der Waals surface area contributed by atoms with E-state index in [1.165, 1.54) is 0 Å². The molecule has 5 heteroatoms. The molecule has 18 heavy (non-hydrogen) atoms. The molecule has 0 fully saturated rings. The summed E-state index contributed by atoms with van der Waals surface area (Å²) in [5.41, 5.74) is 1.99. The summed E-state index contributed by atoms with van der Waals surface area (Å²) in [5, 5.41) is 4.49. The van der Waals surface area contributed by atoms with Gasteiger partial charge in [-0.15, -0.1) is 0 Å². The Balaban J connectivity index is 2.83. The third kappa shape index (κ3) is 3.65. The quantitative estimate of drug-likeness (QED) is 0.777.